The number of hydrogen-bond donors (Lipinski definition) is 1. The summed E-state index contributed by atoms with van der Waals surface area (Å²) in [6.45, 7) is 5.59. The van der Waals surface area contributed by atoms with Crippen LogP contribution in [0.5, 0.6) is 5.75 Å². The lowest BCUT2D eigenvalue weighted by Crippen LogP contribution is -2.45. The summed E-state index contributed by atoms with van der Waals surface area (Å²) in [5.74, 6) is -1.36. The SMILES string of the molecule is CCCC(F)[Si](C)(C)Oc1ccccc1CC(=O)O. The van der Waals surface area contributed by atoms with Crippen LogP contribution in [0.4, 0.5) is 4.39 Å². The molecule has 0 saturated carbocycles. The minimum absolute atomic E-state index is 0.106. The molecule has 1 rings (SSSR count). The molecule has 0 aliphatic carbocycles. The van der Waals surface area contributed by atoms with Gasteiger partial charge < -0.3 is 9.53 Å². The highest BCUT2D eigenvalue weighted by Crippen LogP contribution is 2.26. The maximum atomic E-state index is 14.1. The second-order valence-corrected chi connectivity index (χ2v) is 9.18. The number of hydrogen-bond acceptors (Lipinski definition) is 2. The largest absolute Gasteiger partial charge is 0.541 e. The van der Waals surface area contributed by atoms with Crippen molar-refractivity contribution in [3.05, 3.63) is 29.8 Å². The standard InChI is InChI=1S/C14H21FO3Si/c1-4-7-13(15)19(2,3)18-12-9-6-5-8-11(12)10-14(16)17/h5-6,8-9,13H,4,7,10H2,1-3H3,(H,16,17). The number of para-hydroxylation sites is 1. The Morgan fingerprint density at radius 1 is 1.42 bits per heavy atom. The van der Waals surface area contributed by atoms with Crippen molar-refractivity contribution >= 4 is 14.3 Å². The Morgan fingerprint density at radius 2 is 2.05 bits per heavy atom. The van der Waals surface area contributed by atoms with E-state index in [2.05, 4.69) is 0 Å². The second-order valence-electron chi connectivity index (χ2n) is 5.14. The van der Waals surface area contributed by atoms with Crippen LogP contribution in [-0.2, 0) is 11.2 Å². The molecule has 19 heavy (non-hydrogen) atoms. The molecule has 0 spiro atoms. The van der Waals surface area contributed by atoms with E-state index in [1.54, 1.807) is 24.3 Å². The number of carbonyl (C=O) groups is 1. The number of alkyl halides is 1. The Labute approximate surface area is 114 Å². The molecule has 0 radical (unpaired) electrons. The number of aliphatic carboxylic acids is 1. The van der Waals surface area contributed by atoms with E-state index in [1.807, 2.05) is 20.0 Å². The van der Waals surface area contributed by atoms with Crippen molar-refractivity contribution in [3.63, 3.8) is 0 Å². The predicted molar refractivity (Wildman–Crippen MR) is 75.7 cm³/mol. The summed E-state index contributed by atoms with van der Waals surface area (Å²) < 4.78 is 19.9. The molecule has 5 heteroatoms. The molecule has 1 N–H and O–H groups in total. The molecule has 0 aromatic heterocycles. The minimum atomic E-state index is -2.51. The third kappa shape index (κ3) is 4.67. The molecular weight excluding hydrogens is 263 g/mol. The van der Waals surface area contributed by atoms with Crippen LogP contribution in [0.15, 0.2) is 24.3 Å². The van der Waals surface area contributed by atoms with Crippen LogP contribution in [0.1, 0.15) is 25.3 Å². The van der Waals surface area contributed by atoms with Gasteiger partial charge in [0.1, 0.15) is 11.5 Å². The Balaban J connectivity index is 2.89. The summed E-state index contributed by atoms with van der Waals surface area (Å²) in [6.07, 6.45) is 1.16. The lowest BCUT2D eigenvalue weighted by atomic mass is 10.1. The number of benzene rings is 1. The molecule has 0 aliphatic rings. The Hall–Kier alpha value is -1.36. The van der Waals surface area contributed by atoms with Gasteiger partial charge in [0.25, 0.3) is 8.32 Å². The van der Waals surface area contributed by atoms with Crippen LogP contribution in [0.25, 0.3) is 0 Å². The van der Waals surface area contributed by atoms with Gasteiger partial charge in [0, 0.05) is 5.56 Å². The summed E-state index contributed by atoms with van der Waals surface area (Å²) >= 11 is 0. The smallest absolute Gasteiger partial charge is 0.307 e. The van der Waals surface area contributed by atoms with Crippen molar-refractivity contribution in [2.45, 2.75) is 45.1 Å². The quantitative estimate of drug-likeness (QED) is 0.779. The van der Waals surface area contributed by atoms with Gasteiger partial charge in [0.15, 0.2) is 0 Å². The zero-order valence-electron chi connectivity index (χ0n) is 11.6. The first-order valence-electron chi connectivity index (χ1n) is 6.49. The van der Waals surface area contributed by atoms with Crippen LogP contribution in [0.2, 0.25) is 13.1 Å². The van der Waals surface area contributed by atoms with Gasteiger partial charge in [-0.15, -0.1) is 0 Å². The first-order chi connectivity index (χ1) is 8.86. The highest BCUT2D eigenvalue weighted by Gasteiger charge is 2.35. The van der Waals surface area contributed by atoms with E-state index in [-0.39, 0.29) is 6.42 Å². The molecule has 1 aromatic carbocycles. The normalized spacial score (nSPS) is 13.1. The molecule has 0 saturated heterocycles. The van der Waals surface area contributed by atoms with E-state index in [4.69, 9.17) is 9.53 Å². The topological polar surface area (TPSA) is 46.5 Å². The van der Waals surface area contributed by atoms with Crippen LogP contribution in [0, 0.1) is 0 Å². The molecule has 106 valence electrons. The van der Waals surface area contributed by atoms with Crippen LogP contribution >= 0.6 is 0 Å². The third-order valence-corrected chi connectivity index (χ3v) is 5.53. The average molecular weight is 284 g/mol. The Morgan fingerprint density at radius 3 is 2.63 bits per heavy atom. The van der Waals surface area contributed by atoms with Crippen molar-refractivity contribution in [2.75, 3.05) is 0 Å². The van der Waals surface area contributed by atoms with Gasteiger partial charge in [-0.3, -0.25) is 4.79 Å². The van der Waals surface area contributed by atoms with Gasteiger partial charge in [-0.05, 0) is 25.6 Å². The molecular formula is C14H21FO3Si. The summed E-state index contributed by atoms with van der Waals surface area (Å²) in [5, 5.41) is 8.86. The van der Waals surface area contributed by atoms with Crippen molar-refractivity contribution in [2.24, 2.45) is 0 Å². The van der Waals surface area contributed by atoms with E-state index < -0.39 is 20.1 Å². The van der Waals surface area contributed by atoms with Crippen molar-refractivity contribution in [3.8, 4) is 5.75 Å². The van der Waals surface area contributed by atoms with Crippen molar-refractivity contribution in [1.29, 1.82) is 0 Å². The molecule has 3 nitrogen and oxygen atoms in total. The fraction of sp³-hybridized carbons (Fsp3) is 0.500. The maximum absolute atomic E-state index is 14.1. The van der Waals surface area contributed by atoms with Gasteiger partial charge in [-0.2, -0.15) is 0 Å². The summed E-state index contributed by atoms with van der Waals surface area (Å²) in [7, 11) is -2.51. The molecule has 0 amide bonds. The third-order valence-electron chi connectivity index (χ3n) is 2.98. The molecule has 0 aliphatic heterocycles. The van der Waals surface area contributed by atoms with E-state index in [9.17, 15) is 9.18 Å². The van der Waals surface area contributed by atoms with Crippen molar-refractivity contribution in [1.82, 2.24) is 0 Å². The highest BCUT2D eigenvalue weighted by atomic mass is 28.4. The van der Waals surface area contributed by atoms with Crippen LogP contribution in [-0.4, -0.2) is 25.2 Å². The van der Waals surface area contributed by atoms with Gasteiger partial charge >= 0.3 is 5.97 Å². The lowest BCUT2D eigenvalue weighted by molar-refractivity contribution is -0.136. The zero-order chi connectivity index (χ0) is 14.5. The predicted octanol–water partition coefficient (Wildman–Crippen LogP) is 3.58. The average Bonchev–Trinajstić information content (AvgIpc) is 2.31. The highest BCUT2D eigenvalue weighted by molar-refractivity contribution is 6.73. The first-order valence-corrected chi connectivity index (χ1v) is 9.48. The minimum Gasteiger partial charge on any atom is -0.541 e. The Bertz CT molecular complexity index is 434. The van der Waals surface area contributed by atoms with Crippen LogP contribution < -0.4 is 4.43 Å². The molecule has 0 heterocycles. The fourth-order valence-electron chi connectivity index (χ4n) is 1.86. The number of carboxylic acid groups (broad SMARTS) is 1. The summed E-state index contributed by atoms with van der Waals surface area (Å²) in [6, 6.07) is 6.96. The Kier molecular flexibility index (Phi) is 5.54. The van der Waals surface area contributed by atoms with Crippen LogP contribution in [0.3, 0.4) is 0 Å². The number of carboxylic acids is 1. The van der Waals surface area contributed by atoms with E-state index in [0.717, 1.165) is 6.42 Å². The monoisotopic (exact) mass is 284 g/mol. The van der Waals surface area contributed by atoms with Gasteiger partial charge in [0.05, 0.1) is 6.42 Å². The second kappa shape index (κ2) is 6.70. The fourth-order valence-corrected chi connectivity index (χ4v) is 3.74. The van der Waals surface area contributed by atoms with Gasteiger partial charge in [-0.25, -0.2) is 4.39 Å². The van der Waals surface area contributed by atoms with Crippen molar-refractivity contribution < 1.29 is 18.7 Å². The maximum Gasteiger partial charge on any atom is 0.307 e. The van der Waals surface area contributed by atoms with Gasteiger partial charge in [0.2, 0.25) is 0 Å². The molecule has 1 unspecified atom stereocenters. The summed E-state index contributed by atoms with van der Waals surface area (Å²) in [4.78, 5) is 10.8. The number of halogens is 1. The molecule has 0 fully saturated rings. The van der Waals surface area contributed by atoms with Gasteiger partial charge in [-0.1, -0.05) is 31.5 Å². The molecule has 0 bridgehead atoms. The van der Waals surface area contributed by atoms with E-state index >= 15 is 0 Å². The molecule has 1 atom stereocenters. The zero-order valence-corrected chi connectivity index (χ0v) is 12.6. The van der Waals surface area contributed by atoms with E-state index in [0.29, 0.717) is 17.7 Å². The summed E-state index contributed by atoms with van der Waals surface area (Å²) in [5.41, 5.74) is 0.597. The lowest BCUT2D eigenvalue weighted by Gasteiger charge is -2.28. The molecule has 1 aromatic rings. The number of rotatable bonds is 7. The van der Waals surface area contributed by atoms with E-state index in [1.165, 1.54) is 0 Å². The first kappa shape index (κ1) is 15.7.